The van der Waals surface area contributed by atoms with Crippen LogP contribution in [0.4, 0.5) is 8.78 Å². The van der Waals surface area contributed by atoms with E-state index in [1.54, 1.807) is 25.3 Å². The summed E-state index contributed by atoms with van der Waals surface area (Å²) in [6.45, 7) is 4.17. The molecule has 1 rings (SSSR count). The molecule has 0 bridgehead atoms. The second kappa shape index (κ2) is 5.80. The summed E-state index contributed by atoms with van der Waals surface area (Å²) in [7, 11) is 1.57. The highest BCUT2D eigenvalue weighted by atomic mass is 19.3. The largest absolute Gasteiger partial charge is 0.496 e. The molecule has 0 aromatic heterocycles. The van der Waals surface area contributed by atoms with Crippen molar-refractivity contribution in [1.29, 1.82) is 0 Å². The van der Waals surface area contributed by atoms with Crippen molar-refractivity contribution in [2.45, 2.75) is 26.3 Å². The van der Waals surface area contributed by atoms with Crippen molar-refractivity contribution in [3.05, 3.63) is 29.3 Å². The van der Waals surface area contributed by atoms with Gasteiger partial charge in [0, 0.05) is 0 Å². The van der Waals surface area contributed by atoms with E-state index < -0.39 is 12.5 Å². The van der Waals surface area contributed by atoms with Crippen molar-refractivity contribution in [1.82, 2.24) is 5.32 Å². The third-order valence-corrected chi connectivity index (χ3v) is 2.45. The van der Waals surface area contributed by atoms with E-state index in [1.807, 2.05) is 13.8 Å². The van der Waals surface area contributed by atoms with Crippen LogP contribution in [0.3, 0.4) is 0 Å². The molecule has 0 heterocycles. The van der Waals surface area contributed by atoms with Gasteiger partial charge in [0.05, 0.1) is 13.2 Å². The van der Waals surface area contributed by atoms with Crippen LogP contribution in [0.2, 0.25) is 0 Å². The van der Waals surface area contributed by atoms with Crippen LogP contribution in [0.15, 0.2) is 18.2 Å². The van der Waals surface area contributed by atoms with Crippen molar-refractivity contribution in [2.24, 2.45) is 0 Å². The van der Waals surface area contributed by atoms with E-state index in [-0.39, 0.29) is 0 Å². The van der Waals surface area contributed by atoms with Crippen molar-refractivity contribution in [2.75, 3.05) is 13.7 Å². The molecule has 90 valence electrons. The Kier molecular flexibility index (Phi) is 4.68. The zero-order valence-electron chi connectivity index (χ0n) is 9.76. The van der Waals surface area contributed by atoms with Crippen LogP contribution in [-0.2, 0) is 0 Å². The molecule has 1 aromatic rings. The highest BCUT2D eigenvalue weighted by molar-refractivity contribution is 5.37. The highest BCUT2D eigenvalue weighted by Crippen LogP contribution is 2.25. The van der Waals surface area contributed by atoms with Gasteiger partial charge in [-0.2, -0.15) is 0 Å². The Morgan fingerprint density at radius 1 is 1.38 bits per heavy atom. The van der Waals surface area contributed by atoms with Crippen molar-refractivity contribution >= 4 is 0 Å². The molecule has 0 fully saturated rings. The van der Waals surface area contributed by atoms with Gasteiger partial charge in [0.2, 0.25) is 0 Å². The Bertz CT molecular complexity index is 342. The quantitative estimate of drug-likeness (QED) is 0.838. The van der Waals surface area contributed by atoms with Gasteiger partial charge in [0.1, 0.15) is 5.75 Å². The maximum Gasteiger partial charge on any atom is 0.257 e. The molecule has 0 saturated heterocycles. The summed E-state index contributed by atoms with van der Waals surface area (Å²) >= 11 is 0. The van der Waals surface area contributed by atoms with Gasteiger partial charge in [-0.3, -0.25) is 0 Å². The standard InChI is InChI=1S/C12H17F2NO/c1-4-15-11(12(13)14)9-5-6-10(16-3)8(2)7-9/h5-7,11-12,15H,4H2,1-3H3. The van der Waals surface area contributed by atoms with Crippen LogP contribution in [0.5, 0.6) is 5.75 Å². The van der Waals surface area contributed by atoms with E-state index in [4.69, 9.17) is 4.74 Å². The maximum absolute atomic E-state index is 12.8. The fourth-order valence-corrected chi connectivity index (χ4v) is 1.67. The summed E-state index contributed by atoms with van der Waals surface area (Å²) < 4.78 is 30.7. The first kappa shape index (κ1) is 12.9. The second-order valence-corrected chi connectivity index (χ2v) is 3.60. The maximum atomic E-state index is 12.8. The molecular formula is C12H17F2NO. The van der Waals surface area contributed by atoms with Gasteiger partial charge in [-0.05, 0) is 30.7 Å². The molecule has 1 N–H and O–H groups in total. The summed E-state index contributed by atoms with van der Waals surface area (Å²) in [4.78, 5) is 0. The lowest BCUT2D eigenvalue weighted by Crippen LogP contribution is -2.27. The average molecular weight is 229 g/mol. The van der Waals surface area contributed by atoms with Gasteiger partial charge in [0.15, 0.2) is 0 Å². The first-order chi connectivity index (χ1) is 7.60. The molecule has 0 saturated carbocycles. The molecule has 0 radical (unpaired) electrons. The van der Waals surface area contributed by atoms with Crippen LogP contribution in [0, 0.1) is 6.92 Å². The van der Waals surface area contributed by atoms with Crippen LogP contribution in [0.1, 0.15) is 24.1 Å². The number of rotatable bonds is 5. The molecular weight excluding hydrogens is 212 g/mol. The monoisotopic (exact) mass is 229 g/mol. The molecule has 1 aromatic carbocycles. The minimum absolute atomic E-state index is 0.514. The molecule has 0 aliphatic rings. The predicted octanol–water partition coefficient (Wildman–Crippen LogP) is 2.92. The third-order valence-electron chi connectivity index (χ3n) is 2.45. The van der Waals surface area contributed by atoms with Crippen LogP contribution < -0.4 is 10.1 Å². The summed E-state index contributed by atoms with van der Waals surface area (Å²) in [5.41, 5.74) is 1.46. The van der Waals surface area contributed by atoms with Gasteiger partial charge in [-0.1, -0.05) is 19.1 Å². The highest BCUT2D eigenvalue weighted by Gasteiger charge is 2.21. The number of benzene rings is 1. The first-order valence-corrected chi connectivity index (χ1v) is 5.26. The lowest BCUT2D eigenvalue weighted by atomic mass is 10.0. The van der Waals surface area contributed by atoms with Crippen LogP contribution in [0.25, 0.3) is 0 Å². The Labute approximate surface area is 94.6 Å². The van der Waals surface area contributed by atoms with E-state index in [9.17, 15) is 8.78 Å². The predicted molar refractivity (Wildman–Crippen MR) is 60.2 cm³/mol. The minimum atomic E-state index is -2.41. The number of hydrogen-bond donors (Lipinski definition) is 1. The van der Waals surface area contributed by atoms with Gasteiger partial charge < -0.3 is 10.1 Å². The number of methoxy groups -OCH3 is 1. The van der Waals surface area contributed by atoms with Gasteiger partial charge in [-0.15, -0.1) is 0 Å². The zero-order valence-corrected chi connectivity index (χ0v) is 9.76. The number of alkyl halides is 2. The van der Waals surface area contributed by atoms with Gasteiger partial charge >= 0.3 is 0 Å². The minimum Gasteiger partial charge on any atom is -0.496 e. The van der Waals surface area contributed by atoms with Crippen LogP contribution in [-0.4, -0.2) is 20.1 Å². The average Bonchev–Trinajstić information content (AvgIpc) is 2.25. The van der Waals surface area contributed by atoms with E-state index in [1.165, 1.54) is 0 Å². The molecule has 1 atom stereocenters. The zero-order chi connectivity index (χ0) is 12.1. The first-order valence-electron chi connectivity index (χ1n) is 5.26. The Balaban J connectivity index is 2.97. The fourth-order valence-electron chi connectivity index (χ4n) is 1.67. The molecule has 4 heteroatoms. The van der Waals surface area contributed by atoms with Crippen molar-refractivity contribution in [3.8, 4) is 5.75 Å². The fraction of sp³-hybridized carbons (Fsp3) is 0.500. The summed E-state index contributed by atoms with van der Waals surface area (Å²) in [6, 6.07) is 4.22. The second-order valence-electron chi connectivity index (χ2n) is 3.60. The smallest absolute Gasteiger partial charge is 0.257 e. The SMILES string of the molecule is CCNC(c1ccc(OC)c(C)c1)C(F)F. The summed E-state index contributed by atoms with van der Waals surface area (Å²) in [6.07, 6.45) is -2.41. The van der Waals surface area contributed by atoms with E-state index in [2.05, 4.69) is 5.32 Å². The number of hydrogen-bond acceptors (Lipinski definition) is 2. The lowest BCUT2D eigenvalue weighted by Gasteiger charge is -2.18. The topological polar surface area (TPSA) is 21.3 Å². The molecule has 0 aliphatic heterocycles. The number of aryl methyl sites for hydroxylation is 1. The van der Waals surface area contributed by atoms with E-state index >= 15 is 0 Å². The summed E-state index contributed by atoms with van der Waals surface area (Å²) in [5, 5.41) is 2.77. The molecule has 0 spiro atoms. The third kappa shape index (κ3) is 2.92. The number of halogens is 2. The Morgan fingerprint density at radius 2 is 2.06 bits per heavy atom. The Morgan fingerprint density at radius 3 is 2.50 bits per heavy atom. The summed E-state index contributed by atoms with van der Waals surface area (Å²) in [5.74, 6) is 0.716. The lowest BCUT2D eigenvalue weighted by molar-refractivity contribution is 0.0992. The van der Waals surface area contributed by atoms with Crippen LogP contribution >= 0.6 is 0 Å². The molecule has 2 nitrogen and oxygen atoms in total. The van der Waals surface area contributed by atoms with Crippen molar-refractivity contribution < 1.29 is 13.5 Å². The molecule has 0 aliphatic carbocycles. The van der Waals surface area contributed by atoms with E-state index in [0.29, 0.717) is 17.9 Å². The number of nitrogens with one attached hydrogen (secondary N) is 1. The normalized spacial score (nSPS) is 12.9. The number of ether oxygens (including phenoxy) is 1. The van der Waals surface area contributed by atoms with Gasteiger partial charge in [-0.25, -0.2) is 8.78 Å². The van der Waals surface area contributed by atoms with Crippen molar-refractivity contribution in [3.63, 3.8) is 0 Å². The molecule has 0 amide bonds. The molecule has 1 unspecified atom stereocenters. The van der Waals surface area contributed by atoms with E-state index in [0.717, 1.165) is 5.56 Å². The van der Waals surface area contributed by atoms with Gasteiger partial charge in [0.25, 0.3) is 6.43 Å². The Hall–Kier alpha value is -1.16. The molecule has 16 heavy (non-hydrogen) atoms.